The van der Waals surface area contributed by atoms with Crippen LogP contribution in [-0.4, -0.2) is 37.1 Å². The molecule has 0 bridgehead atoms. The number of rotatable bonds is 7. The van der Waals surface area contributed by atoms with Crippen LogP contribution in [0.15, 0.2) is 24.3 Å². The average molecular weight is 283 g/mol. The number of benzene rings is 1. The maximum atomic E-state index is 6.08. The van der Waals surface area contributed by atoms with Gasteiger partial charge in [-0.1, -0.05) is 30.7 Å². The van der Waals surface area contributed by atoms with Gasteiger partial charge in [0.25, 0.3) is 0 Å². The van der Waals surface area contributed by atoms with Crippen molar-refractivity contribution in [2.24, 2.45) is 0 Å². The van der Waals surface area contributed by atoms with Crippen molar-refractivity contribution >= 4 is 11.6 Å². The van der Waals surface area contributed by atoms with Gasteiger partial charge in [-0.3, -0.25) is 0 Å². The molecule has 0 aliphatic heterocycles. The molecule has 0 aliphatic rings. The summed E-state index contributed by atoms with van der Waals surface area (Å²) in [6.45, 7) is 7.81. The highest BCUT2D eigenvalue weighted by Crippen LogP contribution is 2.21. The van der Waals surface area contributed by atoms with Crippen molar-refractivity contribution in [2.45, 2.75) is 45.2 Å². The van der Waals surface area contributed by atoms with E-state index in [0.717, 1.165) is 24.4 Å². The van der Waals surface area contributed by atoms with Crippen LogP contribution < -0.4 is 5.32 Å². The number of nitrogens with zero attached hydrogens (tertiary/aromatic N) is 1. The molecule has 1 atom stereocenters. The summed E-state index contributed by atoms with van der Waals surface area (Å²) in [7, 11) is 4.27. The molecule has 1 unspecified atom stereocenters. The number of hydrogen-bond acceptors (Lipinski definition) is 2. The van der Waals surface area contributed by atoms with Crippen LogP contribution in [0.2, 0.25) is 5.02 Å². The Balaban J connectivity index is 2.85. The van der Waals surface area contributed by atoms with Crippen molar-refractivity contribution in [1.82, 2.24) is 10.2 Å². The first-order valence-corrected chi connectivity index (χ1v) is 7.41. The first-order chi connectivity index (χ1) is 8.87. The van der Waals surface area contributed by atoms with Gasteiger partial charge in [0.05, 0.1) is 0 Å². The minimum Gasteiger partial charge on any atom is -0.312 e. The average Bonchev–Trinajstić information content (AvgIpc) is 2.34. The summed E-state index contributed by atoms with van der Waals surface area (Å²) in [6, 6.07) is 8.57. The second-order valence-electron chi connectivity index (χ2n) is 5.89. The van der Waals surface area contributed by atoms with Crippen LogP contribution in [0.4, 0.5) is 0 Å². The Morgan fingerprint density at radius 3 is 2.53 bits per heavy atom. The number of halogens is 1. The van der Waals surface area contributed by atoms with Crippen molar-refractivity contribution in [1.29, 1.82) is 0 Å². The molecule has 1 aromatic carbocycles. The minimum atomic E-state index is 0.0947. The van der Waals surface area contributed by atoms with Crippen molar-refractivity contribution in [3.8, 4) is 0 Å². The van der Waals surface area contributed by atoms with E-state index < -0.39 is 0 Å². The van der Waals surface area contributed by atoms with Crippen molar-refractivity contribution in [2.75, 3.05) is 20.6 Å². The van der Waals surface area contributed by atoms with Gasteiger partial charge >= 0.3 is 0 Å². The van der Waals surface area contributed by atoms with E-state index in [2.05, 4.69) is 57.2 Å². The molecule has 0 amide bonds. The lowest BCUT2D eigenvalue weighted by molar-refractivity contribution is 0.137. The standard InChI is InChI=1S/C16H27ClN2/c1-6-10-18-15(16(2,3)19(4)5)12-13-8-7-9-14(17)11-13/h7-9,11,15,18H,6,10,12H2,1-5H3. The molecule has 1 rings (SSSR count). The third-order valence-corrected chi connectivity index (χ3v) is 4.21. The van der Waals surface area contributed by atoms with Crippen LogP contribution in [0, 0.1) is 0 Å². The van der Waals surface area contributed by atoms with Gasteiger partial charge in [0.15, 0.2) is 0 Å². The second kappa shape index (κ2) is 7.28. The van der Waals surface area contributed by atoms with Crippen molar-refractivity contribution in [3.63, 3.8) is 0 Å². The van der Waals surface area contributed by atoms with Crippen LogP contribution in [0.1, 0.15) is 32.8 Å². The maximum absolute atomic E-state index is 6.08. The molecule has 1 aromatic rings. The zero-order chi connectivity index (χ0) is 14.5. The molecule has 0 aliphatic carbocycles. The molecule has 1 N–H and O–H groups in total. The highest BCUT2D eigenvalue weighted by atomic mass is 35.5. The molecule has 0 saturated heterocycles. The molecule has 3 heteroatoms. The maximum Gasteiger partial charge on any atom is 0.0408 e. The molecule has 0 radical (unpaired) electrons. The Kier molecular flexibility index (Phi) is 6.31. The first-order valence-electron chi connectivity index (χ1n) is 7.03. The number of nitrogens with one attached hydrogen (secondary N) is 1. The number of hydrogen-bond donors (Lipinski definition) is 1. The molecule has 0 fully saturated rings. The summed E-state index contributed by atoms with van der Waals surface area (Å²) in [6.07, 6.45) is 2.14. The zero-order valence-corrected chi connectivity index (χ0v) is 13.6. The van der Waals surface area contributed by atoms with Gasteiger partial charge in [0.1, 0.15) is 0 Å². The highest BCUT2D eigenvalue weighted by Gasteiger charge is 2.31. The Morgan fingerprint density at radius 1 is 1.32 bits per heavy atom. The fraction of sp³-hybridized carbons (Fsp3) is 0.625. The predicted octanol–water partition coefficient (Wildman–Crippen LogP) is 3.59. The summed E-state index contributed by atoms with van der Waals surface area (Å²) in [5.41, 5.74) is 1.38. The Hall–Kier alpha value is -0.570. The summed E-state index contributed by atoms with van der Waals surface area (Å²) in [5.74, 6) is 0. The molecule has 19 heavy (non-hydrogen) atoms. The lowest BCUT2D eigenvalue weighted by Gasteiger charge is -2.41. The van der Waals surface area contributed by atoms with Crippen LogP contribution in [-0.2, 0) is 6.42 Å². The van der Waals surface area contributed by atoms with Crippen LogP contribution in [0.3, 0.4) is 0 Å². The summed E-state index contributed by atoms with van der Waals surface area (Å²) < 4.78 is 0. The van der Waals surface area contributed by atoms with E-state index in [1.807, 2.05) is 12.1 Å². The topological polar surface area (TPSA) is 15.3 Å². The first kappa shape index (κ1) is 16.5. The van der Waals surface area contributed by atoms with Crippen LogP contribution >= 0.6 is 11.6 Å². The van der Waals surface area contributed by atoms with E-state index in [1.165, 1.54) is 5.56 Å². The van der Waals surface area contributed by atoms with Gasteiger partial charge in [-0.25, -0.2) is 0 Å². The van der Waals surface area contributed by atoms with Gasteiger partial charge in [0, 0.05) is 16.6 Å². The zero-order valence-electron chi connectivity index (χ0n) is 12.8. The molecular formula is C16H27ClN2. The van der Waals surface area contributed by atoms with E-state index in [4.69, 9.17) is 11.6 Å². The van der Waals surface area contributed by atoms with E-state index in [-0.39, 0.29) is 5.54 Å². The largest absolute Gasteiger partial charge is 0.312 e. The van der Waals surface area contributed by atoms with Gasteiger partial charge in [-0.2, -0.15) is 0 Å². The normalized spacial score (nSPS) is 13.8. The van der Waals surface area contributed by atoms with E-state index in [0.29, 0.717) is 6.04 Å². The molecule has 0 heterocycles. The molecular weight excluding hydrogens is 256 g/mol. The van der Waals surface area contributed by atoms with Crippen LogP contribution in [0.25, 0.3) is 0 Å². The quantitative estimate of drug-likeness (QED) is 0.822. The predicted molar refractivity (Wildman–Crippen MR) is 85.0 cm³/mol. The Labute approximate surface area is 123 Å². The third-order valence-electron chi connectivity index (χ3n) is 3.97. The smallest absolute Gasteiger partial charge is 0.0408 e. The van der Waals surface area contributed by atoms with Gasteiger partial charge in [0.2, 0.25) is 0 Å². The second-order valence-corrected chi connectivity index (χ2v) is 6.33. The highest BCUT2D eigenvalue weighted by molar-refractivity contribution is 6.30. The van der Waals surface area contributed by atoms with Gasteiger partial charge in [-0.15, -0.1) is 0 Å². The van der Waals surface area contributed by atoms with Crippen molar-refractivity contribution < 1.29 is 0 Å². The molecule has 0 aromatic heterocycles. The SMILES string of the molecule is CCCNC(Cc1cccc(Cl)c1)C(C)(C)N(C)C. The molecule has 0 spiro atoms. The molecule has 0 saturated carbocycles. The number of likely N-dealkylation sites (N-methyl/N-ethyl adjacent to an activating group) is 1. The fourth-order valence-corrected chi connectivity index (χ4v) is 2.31. The Morgan fingerprint density at radius 2 is 2.00 bits per heavy atom. The van der Waals surface area contributed by atoms with E-state index in [1.54, 1.807) is 0 Å². The van der Waals surface area contributed by atoms with E-state index >= 15 is 0 Å². The monoisotopic (exact) mass is 282 g/mol. The lowest BCUT2D eigenvalue weighted by Crippen LogP contribution is -2.56. The van der Waals surface area contributed by atoms with Crippen molar-refractivity contribution in [3.05, 3.63) is 34.9 Å². The van der Waals surface area contributed by atoms with Gasteiger partial charge in [-0.05, 0) is 65.0 Å². The minimum absolute atomic E-state index is 0.0947. The summed E-state index contributed by atoms with van der Waals surface area (Å²) in [4.78, 5) is 2.28. The molecule has 108 valence electrons. The lowest BCUT2D eigenvalue weighted by atomic mass is 9.88. The van der Waals surface area contributed by atoms with Crippen LogP contribution in [0.5, 0.6) is 0 Å². The van der Waals surface area contributed by atoms with E-state index in [9.17, 15) is 0 Å². The summed E-state index contributed by atoms with van der Waals surface area (Å²) in [5, 5.41) is 4.49. The molecule has 2 nitrogen and oxygen atoms in total. The van der Waals surface area contributed by atoms with Gasteiger partial charge < -0.3 is 10.2 Å². The Bertz CT molecular complexity index is 388. The third kappa shape index (κ3) is 4.79. The fourth-order valence-electron chi connectivity index (χ4n) is 2.10. The summed E-state index contributed by atoms with van der Waals surface area (Å²) >= 11 is 6.08.